The third-order valence-electron chi connectivity index (χ3n) is 4.42. The van der Waals surface area contributed by atoms with Crippen molar-refractivity contribution >= 4 is 10.8 Å². The molecule has 0 aromatic heterocycles. The number of hydrogen-bond acceptors (Lipinski definition) is 0. The third kappa shape index (κ3) is 3.61. The van der Waals surface area contributed by atoms with E-state index in [1.165, 1.54) is 31.2 Å². The molecular weight excluding hydrogens is 283 g/mol. The highest BCUT2D eigenvalue weighted by Gasteiger charge is 2.09. The molecule has 3 rings (SSSR count). The minimum absolute atomic E-state index is 0.119. The maximum atomic E-state index is 14.8. The van der Waals surface area contributed by atoms with Crippen molar-refractivity contribution in [3.8, 4) is 11.1 Å². The molecule has 0 amide bonds. The molecular formula is C22H23F. The van der Waals surface area contributed by atoms with Crippen molar-refractivity contribution in [2.45, 2.75) is 39.0 Å². The van der Waals surface area contributed by atoms with Gasteiger partial charge in [-0.2, -0.15) is 0 Å². The Balaban J connectivity index is 1.88. The molecule has 0 nitrogen and oxygen atoms in total. The van der Waals surface area contributed by atoms with Crippen molar-refractivity contribution in [2.75, 3.05) is 0 Å². The predicted octanol–water partition coefficient (Wildman–Crippen LogP) is 6.77. The quantitative estimate of drug-likeness (QED) is 0.441. The monoisotopic (exact) mass is 306 g/mol. The summed E-state index contributed by atoms with van der Waals surface area (Å²) in [6.07, 6.45) is 6.12. The van der Waals surface area contributed by atoms with Crippen LogP contribution < -0.4 is 0 Å². The maximum absolute atomic E-state index is 14.8. The van der Waals surface area contributed by atoms with E-state index in [2.05, 4.69) is 19.1 Å². The van der Waals surface area contributed by atoms with Crippen LogP contribution in [0.3, 0.4) is 0 Å². The first-order valence-electron chi connectivity index (χ1n) is 8.56. The van der Waals surface area contributed by atoms with E-state index in [1.54, 1.807) is 0 Å². The standard InChI is InChI=1S/C22H23F/c1-2-3-4-6-9-17-12-14-21-19(16-17)13-15-20(22(21)23)18-10-7-5-8-11-18/h5,7-8,10-16H,2-4,6,9H2,1H3. The molecule has 0 atom stereocenters. The van der Waals surface area contributed by atoms with Gasteiger partial charge in [0.05, 0.1) is 0 Å². The molecule has 0 radical (unpaired) electrons. The van der Waals surface area contributed by atoms with Crippen LogP contribution in [0.15, 0.2) is 60.7 Å². The molecule has 0 aliphatic rings. The van der Waals surface area contributed by atoms with Gasteiger partial charge >= 0.3 is 0 Å². The summed E-state index contributed by atoms with van der Waals surface area (Å²) in [6, 6.07) is 19.8. The van der Waals surface area contributed by atoms with Crippen LogP contribution in [-0.2, 0) is 6.42 Å². The van der Waals surface area contributed by atoms with Crippen molar-refractivity contribution in [1.29, 1.82) is 0 Å². The predicted molar refractivity (Wildman–Crippen MR) is 97.2 cm³/mol. The number of hydrogen-bond donors (Lipinski definition) is 0. The highest BCUT2D eigenvalue weighted by atomic mass is 19.1. The first kappa shape index (κ1) is 15.7. The molecule has 0 saturated heterocycles. The van der Waals surface area contributed by atoms with Crippen molar-refractivity contribution in [1.82, 2.24) is 0 Å². The van der Waals surface area contributed by atoms with Crippen molar-refractivity contribution in [3.05, 3.63) is 72.0 Å². The Morgan fingerprint density at radius 3 is 2.43 bits per heavy atom. The molecule has 0 unspecified atom stereocenters. The van der Waals surface area contributed by atoms with Gasteiger partial charge in [-0.1, -0.05) is 86.8 Å². The van der Waals surface area contributed by atoms with Crippen molar-refractivity contribution < 1.29 is 4.39 Å². The Hall–Kier alpha value is -2.15. The Kier molecular flexibility index (Phi) is 5.07. The van der Waals surface area contributed by atoms with E-state index in [4.69, 9.17) is 0 Å². The molecule has 0 aliphatic heterocycles. The second kappa shape index (κ2) is 7.41. The van der Waals surface area contributed by atoms with E-state index in [1.807, 2.05) is 48.5 Å². The van der Waals surface area contributed by atoms with Gasteiger partial charge in [0.25, 0.3) is 0 Å². The van der Waals surface area contributed by atoms with Crippen LogP contribution in [0.2, 0.25) is 0 Å². The molecule has 0 bridgehead atoms. The number of unbranched alkanes of at least 4 members (excludes halogenated alkanes) is 3. The summed E-state index contributed by atoms with van der Waals surface area (Å²) in [5.41, 5.74) is 2.91. The second-order valence-electron chi connectivity index (χ2n) is 6.16. The molecule has 0 aliphatic carbocycles. The Morgan fingerprint density at radius 1 is 0.826 bits per heavy atom. The van der Waals surface area contributed by atoms with Crippen LogP contribution in [0.25, 0.3) is 21.9 Å². The summed E-state index contributed by atoms with van der Waals surface area (Å²) in [5, 5.41) is 1.71. The van der Waals surface area contributed by atoms with E-state index in [9.17, 15) is 4.39 Å². The normalized spacial score (nSPS) is 11.0. The number of rotatable bonds is 6. The number of benzene rings is 3. The molecule has 23 heavy (non-hydrogen) atoms. The van der Waals surface area contributed by atoms with Crippen LogP contribution >= 0.6 is 0 Å². The molecule has 0 fully saturated rings. The van der Waals surface area contributed by atoms with Gasteiger partial charge in [0.2, 0.25) is 0 Å². The first-order valence-corrected chi connectivity index (χ1v) is 8.56. The average Bonchev–Trinajstić information content (AvgIpc) is 2.60. The molecule has 3 aromatic carbocycles. The van der Waals surface area contributed by atoms with E-state index in [0.29, 0.717) is 10.9 Å². The maximum Gasteiger partial charge on any atom is 0.138 e. The van der Waals surface area contributed by atoms with E-state index in [-0.39, 0.29) is 5.82 Å². The van der Waals surface area contributed by atoms with Crippen LogP contribution in [0.1, 0.15) is 38.2 Å². The lowest BCUT2D eigenvalue weighted by atomic mass is 9.97. The number of halogens is 1. The minimum Gasteiger partial charge on any atom is -0.206 e. The summed E-state index contributed by atoms with van der Waals surface area (Å²) in [7, 11) is 0. The molecule has 1 heteroatoms. The van der Waals surface area contributed by atoms with Gasteiger partial charge in [-0.05, 0) is 29.4 Å². The largest absolute Gasteiger partial charge is 0.206 e. The van der Waals surface area contributed by atoms with Crippen molar-refractivity contribution in [2.24, 2.45) is 0 Å². The van der Waals surface area contributed by atoms with Gasteiger partial charge in [0.1, 0.15) is 5.82 Å². The average molecular weight is 306 g/mol. The van der Waals surface area contributed by atoms with E-state index in [0.717, 1.165) is 17.4 Å². The highest BCUT2D eigenvalue weighted by molar-refractivity contribution is 5.88. The van der Waals surface area contributed by atoms with Crippen LogP contribution in [0, 0.1) is 5.82 Å². The smallest absolute Gasteiger partial charge is 0.138 e. The number of aryl methyl sites for hydroxylation is 1. The number of fused-ring (bicyclic) bond motifs is 1. The molecule has 0 spiro atoms. The van der Waals surface area contributed by atoms with Gasteiger partial charge in [-0.3, -0.25) is 0 Å². The first-order chi connectivity index (χ1) is 11.3. The summed E-state index contributed by atoms with van der Waals surface area (Å²) in [6.45, 7) is 2.23. The van der Waals surface area contributed by atoms with Crippen LogP contribution in [0.5, 0.6) is 0 Å². The van der Waals surface area contributed by atoms with Gasteiger partial charge in [-0.15, -0.1) is 0 Å². The van der Waals surface area contributed by atoms with Crippen LogP contribution in [-0.4, -0.2) is 0 Å². The fraction of sp³-hybridized carbons (Fsp3) is 0.273. The lowest BCUT2D eigenvalue weighted by Gasteiger charge is -2.09. The highest BCUT2D eigenvalue weighted by Crippen LogP contribution is 2.29. The summed E-state index contributed by atoms with van der Waals surface area (Å²) >= 11 is 0. The SMILES string of the molecule is CCCCCCc1ccc2c(F)c(-c3ccccc3)ccc2c1. The Bertz CT molecular complexity index is 775. The summed E-state index contributed by atoms with van der Waals surface area (Å²) in [4.78, 5) is 0. The Morgan fingerprint density at radius 2 is 1.65 bits per heavy atom. The zero-order chi connectivity index (χ0) is 16.1. The van der Waals surface area contributed by atoms with Gasteiger partial charge in [-0.25, -0.2) is 4.39 Å². The molecule has 0 heterocycles. The molecule has 3 aromatic rings. The van der Waals surface area contributed by atoms with E-state index >= 15 is 0 Å². The minimum atomic E-state index is -0.119. The van der Waals surface area contributed by atoms with Gasteiger partial charge in [0.15, 0.2) is 0 Å². The zero-order valence-corrected chi connectivity index (χ0v) is 13.7. The zero-order valence-electron chi connectivity index (χ0n) is 13.7. The fourth-order valence-electron chi connectivity index (χ4n) is 3.09. The van der Waals surface area contributed by atoms with Crippen molar-refractivity contribution in [3.63, 3.8) is 0 Å². The fourth-order valence-corrected chi connectivity index (χ4v) is 3.09. The van der Waals surface area contributed by atoms with E-state index < -0.39 is 0 Å². The molecule has 0 saturated carbocycles. The topological polar surface area (TPSA) is 0 Å². The summed E-state index contributed by atoms with van der Waals surface area (Å²) < 4.78 is 14.8. The third-order valence-corrected chi connectivity index (χ3v) is 4.42. The van der Waals surface area contributed by atoms with Gasteiger partial charge < -0.3 is 0 Å². The van der Waals surface area contributed by atoms with Crippen LogP contribution in [0.4, 0.5) is 4.39 Å². The second-order valence-corrected chi connectivity index (χ2v) is 6.16. The molecule has 0 N–H and O–H groups in total. The summed E-state index contributed by atoms with van der Waals surface area (Å²) in [5.74, 6) is -0.119. The van der Waals surface area contributed by atoms with Gasteiger partial charge in [0, 0.05) is 10.9 Å². The Labute approximate surface area is 138 Å². The lowest BCUT2D eigenvalue weighted by molar-refractivity contribution is 0.643. The molecule has 118 valence electrons. The lowest BCUT2D eigenvalue weighted by Crippen LogP contribution is -1.90.